The maximum atomic E-state index is 12.1. The monoisotopic (exact) mass is 313 g/mol. The Morgan fingerprint density at radius 2 is 2.00 bits per heavy atom. The highest BCUT2D eigenvalue weighted by atomic mass is 32.1. The molecule has 0 saturated carbocycles. The van der Waals surface area contributed by atoms with Crippen molar-refractivity contribution in [3.63, 3.8) is 0 Å². The molecule has 0 atom stereocenters. The Morgan fingerprint density at radius 1 is 1.23 bits per heavy atom. The Bertz CT molecular complexity index is 793. The molecule has 0 radical (unpaired) electrons. The third-order valence-electron chi connectivity index (χ3n) is 3.13. The summed E-state index contributed by atoms with van der Waals surface area (Å²) in [4.78, 5) is 12.1. The van der Waals surface area contributed by atoms with Crippen LogP contribution in [-0.4, -0.2) is 16.1 Å². The molecule has 1 N–H and O–H groups in total. The quantitative estimate of drug-likeness (QED) is 0.802. The first-order chi connectivity index (χ1) is 10.6. The molecule has 5 nitrogen and oxygen atoms in total. The summed E-state index contributed by atoms with van der Waals surface area (Å²) < 4.78 is 5.39. The number of aryl methyl sites for hydroxylation is 2. The zero-order valence-electron chi connectivity index (χ0n) is 12.3. The van der Waals surface area contributed by atoms with Gasteiger partial charge in [0.2, 0.25) is 0 Å². The molecule has 0 aliphatic carbocycles. The molecule has 0 bridgehead atoms. The van der Waals surface area contributed by atoms with Crippen LogP contribution in [0.3, 0.4) is 0 Å². The summed E-state index contributed by atoms with van der Waals surface area (Å²) in [5.41, 5.74) is 1.85. The predicted molar refractivity (Wildman–Crippen MR) is 84.7 cm³/mol. The summed E-state index contributed by atoms with van der Waals surface area (Å²) in [7, 11) is 0. The lowest BCUT2D eigenvalue weighted by Gasteiger charge is -2.00. The van der Waals surface area contributed by atoms with Gasteiger partial charge in [-0.3, -0.25) is 4.79 Å². The summed E-state index contributed by atoms with van der Waals surface area (Å²) in [6, 6.07) is 11.7. The van der Waals surface area contributed by atoms with Gasteiger partial charge >= 0.3 is 0 Å². The first-order valence-electron chi connectivity index (χ1n) is 6.86. The first-order valence-corrected chi connectivity index (χ1v) is 7.68. The van der Waals surface area contributed by atoms with Crippen molar-refractivity contribution in [3.05, 3.63) is 58.5 Å². The average molecular weight is 313 g/mol. The third-order valence-corrected chi connectivity index (χ3v) is 4.11. The maximum absolute atomic E-state index is 12.1. The van der Waals surface area contributed by atoms with Crippen molar-refractivity contribution in [1.29, 1.82) is 0 Å². The van der Waals surface area contributed by atoms with E-state index in [1.54, 1.807) is 0 Å². The van der Waals surface area contributed by atoms with Gasteiger partial charge in [0.1, 0.15) is 15.8 Å². The molecule has 2 aromatic heterocycles. The topological polar surface area (TPSA) is 68.0 Å². The lowest BCUT2D eigenvalue weighted by atomic mass is 10.2. The number of aromatic nitrogens is 2. The fourth-order valence-corrected chi connectivity index (χ4v) is 2.91. The Kier molecular flexibility index (Phi) is 4.02. The summed E-state index contributed by atoms with van der Waals surface area (Å²) >= 11 is 1.47. The van der Waals surface area contributed by atoms with E-state index in [0.29, 0.717) is 12.3 Å². The summed E-state index contributed by atoms with van der Waals surface area (Å²) in [6.45, 7) is 4.01. The number of benzene rings is 1. The minimum Gasteiger partial charge on any atom is -0.456 e. The third kappa shape index (κ3) is 3.07. The number of nitrogens with zero attached hydrogens (tertiary/aromatic N) is 2. The highest BCUT2D eigenvalue weighted by molar-refractivity contribution is 7.14. The lowest BCUT2D eigenvalue weighted by molar-refractivity contribution is 0.0921. The van der Waals surface area contributed by atoms with Crippen molar-refractivity contribution in [2.45, 2.75) is 20.4 Å². The van der Waals surface area contributed by atoms with Gasteiger partial charge in [-0.05, 0) is 19.9 Å². The molecule has 0 spiro atoms. The van der Waals surface area contributed by atoms with E-state index in [0.717, 1.165) is 26.9 Å². The average Bonchev–Trinajstić information content (AvgIpc) is 3.12. The molecule has 3 aromatic rings. The van der Waals surface area contributed by atoms with Crippen molar-refractivity contribution >= 4 is 17.2 Å². The summed E-state index contributed by atoms with van der Waals surface area (Å²) in [5, 5.41) is 12.7. The number of hydrogen-bond donors (Lipinski definition) is 1. The van der Waals surface area contributed by atoms with Gasteiger partial charge < -0.3 is 9.73 Å². The first kappa shape index (κ1) is 14.5. The van der Waals surface area contributed by atoms with Crippen molar-refractivity contribution < 1.29 is 9.21 Å². The second-order valence-electron chi connectivity index (χ2n) is 4.92. The van der Waals surface area contributed by atoms with E-state index in [4.69, 9.17) is 4.42 Å². The smallest absolute Gasteiger partial charge is 0.287 e. The number of nitrogens with one attached hydrogen (secondary N) is 1. The Labute approximate surface area is 132 Å². The van der Waals surface area contributed by atoms with Crippen LogP contribution in [0, 0.1) is 13.8 Å². The van der Waals surface area contributed by atoms with Gasteiger partial charge in [0.05, 0.1) is 6.54 Å². The van der Waals surface area contributed by atoms with E-state index < -0.39 is 0 Å². The molecule has 112 valence electrons. The molecular formula is C16H15N3O2S. The molecule has 1 aromatic carbocycles. The molecule has 6 heteroatoms. The fraction of sp³-hybridized carbons (Fsp3) is 0.188. The van der Waals surface area contributed by atoms with Crippen LogP contribution in [0.2, 0.25) is 0 Å². The molecule has 0 saturated heterocycles. The summed E-state index contributed by atoms with van der Waals surface area (Å²) in [5.74, 6) is 0.845. The Balaban J connectivity index is 1.66. The van der Waals surface area contributed by atoms with Crippen LogP contribution >= 0.6 is 11.3 Å². The SMILES string of the molecule is Cc1cc(C)c(C(=O)NCc2nnc(-c3ccccc3)s2)o1. The van der Waals surface area contributed by atoms with Gasteiger partial charge in [-0.15, -0.1) is 10.2 Å². The second kappa shape index (κ2) is 6.11. The van der Waals surface area contributed by atoms with E-state index in [-0.39, 0.29) is 5.91 Å². The van der Waals surface area contributed by atoms with Crippen molar-refractivity contribution in [3.8, 4) is 10.6 Å². The van der Waals surface area contributed by atoms with Crippen LogP contribution in [0.1, 0.15) is 26.9 Å². The molecule has 2 heterocycles. The number of rotatable bonds is 4. The highest BCUT2D eigenvalue weighted by Crippen LogP contribution is 2.23. The number of furan rings is 1. The van der Waals surface area contributed by atoms with Gasteiger partial charge in [-0.25, -0.2) is 0 Å². The van der Waals surface area contributed by atoms with Crippen molar-refractivity contribution in [1.82, 2.24) is 15.5 Å². The van der Waals surface area contributed by atoms with Crippen LogP contribution in [-0.2, 0) is 6.54 Å². The van der Waals surface area contributed by atoms with Gasteiger partial charge in [0, 0.05) is 11.1 Å². The molecule has 0 fully saturated rings. The van der Waals surface area contributed by atoms with Crippen LogP contribution in [0.25, 0.3) is 10.6 Å². The standard InChI is InChI=1S/C16H15N3O2S/c1-10-8-11(2)21-14(10)15(20)17-9-13-18-19-16(22-13)12-6-4-3-5-7-12/h3-8H,9H2,1-2H3,(H,17,20). The highest BCUT2D eigenvalue weighted by Gasteiger charge is 2.15. The number of hydrogen-bond acceptors (Lipinski definition) is 5. The van der Waals surface area contributed by atoms with E-state index in [2.05, 4.69) is 15.5 Å². The van der Waals surface area contributed by atoms with Crippen LogP contribution in [0.4, 0.5) is 0 Å². The lowest BCUT2D eigenvalue weighted by Crippen LogP contribution is -2.22. The Morgan fingerprint density at radius 3 is 2.68 bits per heavy atom. The van der Waals surface area contributed by atoms with E-state index in [1.165, 1.54) is 11.3 Å². The number of carbonyl (C=O) groups excluding carboxylic acids is 1. The van der Waals surface area contributed by atoms with Crippen molar-refractivity contribution in [2.24, 2.45) is 0 Å². The minimum atomic E-state index is -0.234. The van der Waals surface area contributed by atoms with Crippen molar-refractivity contribution in [2.75, 3.05) is 0 Å². The van der Waals surface area contributed by atoms with Gasteiger partial charge in [0.25, 0.3) is 5.91 Å². The van der Waals surface area contributed by atoms with Gasteiger partial charge in [-0.2, -0.15) is 0 Å². The molecule has 0 aliphatic rings. The molecule has 22 heavy (non-hydrogen) atoms. The van der Waals surface area contributed by atoms with Crippen LogP contribution < -0.4 is 5.32 Å². The molecule has 1 amide bonds. The predicted octanol–water partition coefficient (Wildman–Crippen LogP) is 3.34. The molecule has 3 rings (SSSR count). The Hall–Kier alpha value is -2.47. The minimum absolute atomic E-state index is 0.234. The number of amides is 1. The molecule has 0 unspecified atom stereocenters. The number of carbonyl (C=O) groups is 1. The zero-order chi connectivity index (χ0) is 15.5. The normalized spacial score (nSPS) is 10.6. The maximum Gasteiger partial charge on any atom is 0.287 e. The van der Waals surface area contributed by atoms with E-state index >= 15 is 0 Å². The van der Waals surface area contributed by atoms with E-state index in [9.17, 15) is 4.79 Å². The van der Waals surface area contributed by atoms with Gasteiger partial charge in [0.15, 0.2) is 5.76 Å². The fourth-order valence-electron chi connectivity index (χ4n) is 2.13. The van der Waals surface area contributed by atoms with Crippen LogP contribution in [0.15, 0.2) is 40.8 Å². The zero-order valence-corrected chi connectivity index (χ0v) is 13.1. The second-order valence-corrected chi connectivity index (χ2v) is 5.98. The molecular weight excluding hydrogens is 298 g/mol. The summed E-state index contributed by atoms with van der Waals surface area (Å²) in [6.07, 6.45) is 0. The van der Waals surface area contributed by atoms with Gasteiger partial charge in [-0.1, -0.05) is 41.7 Å². The van der Waals surface area contributed by atoms with E-state index in [1.807, 2.05) is 50.2 Å². The largest absolute Gasteiger partial charge is 0.456 e. The van der Waals surface area contributed by atoms with Crippen LogP contribution in [0.5, 0.6) is 0 Å². The molecule has 0 aliphatic heterocycles.